The molecule has 4 aromatic heterocycles. The van der Waals surface area contributed by atoms with Gasteiger partial charge in [0.1, 0.15) is 47.8 Å². The number of sulfonamides is 1. The molecule has 0 spiro atoms. The second kappa shape index (κ2) is 16.1. The zero-order valence-corrected chi connectivity index (χ0v) is 36.1. The minimum absolute atomic E-state index is 0.0338. The van der Waals surface area contributed by atoms with Gasteiger partial charge in [-0.2, -0.15) is 19.0 Å². The maximum Gasteiger partial charge on any atom is 0.293 e. The third-order valence-corrected chi connectivity index (χ3v) is 14.2. The maximum atomic E-state index is 15.6. The lowest BCUT2D eigenvalue weighted by Crippen LogP contribution is -2.38. The fraction of sp³-hybridized carbons (Fsp3) is 0.326. The molecule has 0 bridgehead atoms. The fourth-order valence-corrected chi connectivity index (χ4v) is 10.5. The summed E-state index contributed by atoms with van der Waals surface area (Å²) >= 11 is 6.67. The van der Waals surface area contributed by atoms with Gasteiger partial charge in [-0.3, -0.25) is 28.2 Å². The molecule has 348 valence electrons. The molecule has 1 amide bonds. The van der Waals surface area contributed by atoms with E-state index >= 15 is 13.6 Å². The Labute approximate surface area is 378 Å². The molecule has 14 nitrogen and oxygen atoms in total. The summed E-state index contributed by atoms with van der Waals surface area (Å²) in [5.74, 6) is -9.38. The number of alkyl halides is 6. The number of halogens is 9. The van der Waals surface area contributed by atoms with Gasteiger partial charge in [0.2, 0.25) is 15.9 Å². The zero-order chi connectivity index (χ0) is 47.4. The van der Waals surface area contributed by atoms with E-state index in [1.807, 2.05) is 0 Å². The van der Waals surface area contributed by atoms with Crippen molar-refractivity contribution in [1.82, 2.24) is 44.4 Å². The number of carbonyl (C=O) groups is 1. The van der Waals surface area contributed by atoms with Crippen molar-refractivity contribution in [2.24, 2.45) is 5.92 Å². The van der Waals surface area contributed by atoms with Crippen molar-refractivity contribution in [3.05, 3.63) is 122 Å². The number of aryl methyl sites for hydroxylation is 1. The van der Waals surface area contributed by atoms with E-state index in [0.717, 1.165) is 21.4 Å². The largest absolute Gasteiger partial charge is 0.344 e. The van der Waals surface area contributed by atoms with Crippen LogP contribution in [0, 0.1) is 24.5 Å². The third kappa shape index (κ3) is 7.93. The molecule has 67 heavy (non-hydrogen) atoms. The van der Waals surface area contributed by atoms with Crippen LogP contribution in [0.5, 0.6) is 0 Å². The van der Waals surface area contributed by atoms with Crippen LogP contribution in [-0.4, -0.2) is 65.1 Å². The fourth-order valence-electron chi connectivity index (χ4n) is 8.89. The number of anilines is 1. The van der Waals surface area contributed by atoms with Crippen LogP contribution < -0.4 is 15.6 Å². The predicted octanol–water partition coefficient (Wildman–Crippen LogP) is 8.04. The van der Waals surface area contributed by atoms with Crippen LogP contribution in [-0.2, 0) is 40.3 Å². The minimum Gasteiger partial charge on any atom is -0.344 e. The number of nitrogens with zero attached hydrogens (tertiary/aromatic N) is 8. The number of aromatic nitrogens is 8. The van der Waals surface area contributed by atoms with Crippen LogP contribution >= 0.6 is 11.6 Å². The van der Waals surface area contributed by atoms with Crippen molar-refractivity contribution in [3.8, 4) is 16.8 Å². The Hall–Kier alpha value is -6.49. The Balaban J connectivity index is 1.19. The summed E-state index contributed by atoms with van der Waals surface area (Å²) < 4.78 is 149. The first-order valence-electron chi connectivity index (χ1n) is 20.6. The van der Waals surface area contributed by atoms with E-state index in [4.69, 9.17) is 16.6 Å². The molecule has 24 heteroatoms. The van der Waals surface area contributed by atoms with Crippen molar-refractivity contribution < 1.29 is 48.3 Å². The van der Waals surface area contributed by atoms with Gasteiger partial charge in [-0.15, -0.1) is 0 Å². The number of hydrogen-bond donors (Lipinski definition) is 2. The van der Waals surface area contributed by atoms with Gasteiger partial charge in [-0.1, -0.05) is 17.7 Å². The Bertz CT molecular complexity index is 3340. The molecule has 3 atom stereocenters. The van der Waals surface area contributed by atoms with Gasteiger partial charge in [0, 0.05) is 41.9 Å². The summed E-state index contributed by atoms with van der Waals surface area (Å²) in [6.07, 6.45) is -3.31. The van der Waals surface area contributed by atoms with Crippen LogP contribution in [0.4, 0.5) is 40.9 Å². The summed E-state index contributed by atoms with van der Waals surface area (Å²) in [4.78, 5) is 42.6. The number of amides is 1. The first kappa shape index (κ1) is 44.4. The summed E-state index contributed by atoms with van der Waals surface area (Å²) in [6.45, 7) is -0.549. The maximum absolute atomic E-state index is 15.6. The standard InChI is InChI=1S/C43H33ClF8N10O4S/c1-18-53-14-21(15-54-18)20-2-5-25-29(11-20)56-41(62(42(25)64)31-7-6-28(44)35-37(31)60(16-32(47)48)58-40(35)59-67(65,66)24-3-4-24)30(10-19-8-22(45)12-23(46)9-19)55-33(63)17-61-38-34(36(57-61)39(49)50)26-13-27(26)43(38,51)52/h2,5-9,11-12,14-15,24,26-27,30,32,39H,3-4,10,13,16-17H2,1H3,(H,55,63)(H,58,59)/t26?,27?,30-/m0/s1. The first-order valence-corrected chi connectivity index (χ1v) is 22.6. The van der Waals surface area contributed by atoms with Gasteiger partial charge in [0.15, 0.2) is 5.82 Å². The topological polar surface area (TPSA) is 172 Å². The second-order valence-electron chi connectivity index (χ2n) is 16.7. The summed E-state index contributed by atoms with van der Waals surface area (Å²) in [5.41, 5.74) is -2.78. The molecule has 0 saturated heterocycles. The average molecular weight is 973 g/mol. The van der Waals surface area contributed by atoms with E-state index in [0.29, 0.717) is 40.5 Å². The highest BCUT2D eigenvalue weighted by Gasteiger charge is 2.67. The molecule has 2 N–H and O–H groups in total. The Morgan fingerprint density at radius 1 is 0.955 bits per heavy atom. The summed E-state index contributed by atoms with van der Waals surface area (Å²) in [5, 5.41) is 9.22. The number of rotatable bonds is 14. The number of carbonyl (C=O) groups excluding carboxylic acids is 1. The number of benzene rings is 3. The Kier molecular flexibility index (Phi) is 10.7. The van der Waals surface area contributed by atoms with E-state index in [1.54, 1.807) is 13.0 Å². The van der Waals surface area contributed by atoms with Crippen molar-refractivity contribution in [2.75, 3.05) is 4.72 Å². The number of nitrogens with one attached hydrogen (secondary N) is 2. The van der Waals surface area contributed by atoms with Crippen LogP contribution in [0.15, 0.2) is 65.7 Å². The number of hydrogen-bond acceptors (Lipinski definition) is 9. The highest BCUT2D eigenvalue weighted by molar-refractivity contribution is 7.93. The van der Waals surface area contributed by atoms with Gasteiger partial charge >= 0.3 is 0 Å². The molecule has 2 saturated carbocycles. The zero-order valence-electron chi connectivity index (χ0n) is 34.5. The predicted molar refractivity (Wildman–Crippen MR) is 226 cm³/mol. The molecule has 3 aliphatic rings. The van der Waals surface area contributed by atoms with Crippen LogP contribution in [0.3, 0.4) is 0 Å². The van der Waals surface area contributed by atoms with Gasteiger partial charge < -0.3 is 5.32 Å². The monoisotopic (exact) mass is 972 g/mol. The quantitative estimate of drug-likeness (QED) is 0.102. The Morgan fingerprint density at radius 3 is 2.34 bits per heavy atom. The summed E-state index contributed by atoms with van der Waals surface area (Å²) in [6, 6.07) is 7.64. The van der Waals surface area contributed by atoms with E-state index < -0.39 is 118 Å². The lowest BCUT2D eigenvalue weighted by molar-refractivity contribution is -0.123. The molecule has 3 aromatic carbocycles. The highest BCUT2D eigenvalue weighted by atomic mass is 35.5. The molecule has 0 radical (unpaired) electrons. The van der Waals surface area contributed by atoms with E-state index in [2.05, 4.69) is 30.2 Å². The molecule has 4 heterocycles. The number of fused-ring (bicyclic) bond motifs is 5. The molecule has 3 aliphatic carbocycles. The summed E-state index contributed by atoms with van der Waals surface area (Å²) in [7, 11) is -4.09. The Morgan fingerprint density at radius 2 is 1.67 bits per heavy atom. The molecule has 10 rings (SSSR count). The third-order valence-electron chi connectivity index (χ3n) is 12.1. The van der Waals surface area contributed by atoms with Crippen molar-refractivity contribution in [2.45, 2.75) is 81.7 Å². The average Bonchev–Trinajstić information content (AvgIpc) is 4.18. The van der Waals surface area contributed by atoms with E-state index in [9.17, 15) is 39.6 Å². The molecule has 2 unspecified atom stereocenters. The molecular formula is C43H33ClF8N10O4S. The van der Waals surface area contributed by atoms with Crippen molar-refractivity contribution >= 4 is 55.2 Å². The van der Waals surface area contributed by atoms with Crippen molar-refractivity contribution in [3.63, 3.8) is 0 Å². The van der Waals surface area contributed by atoms with E-state index in [1.165, 1.54) is 36.7 Å². The van der Waals surface area contributed by atoms with Gasteiger partial charge in [0.25, 0.3) is 24.3 Å². The van der Waals surface area contributed by atoms with Crippen LogP contribution in [0.25, 0.3) is 38.6 Å². The van der Waals surface area contributed by atoms with Crippen molar-refractivity contribution in [1.29, 1.82) is 0 Å². The van der Waals surface area contributed by atoms with Gasteiger partial charge in [0.05, 0.1) is 43.8 Å². The molecule has 7 aromatic rings. The SMILES string of the molecule is Cc1ncc(-c2ccc3c(=O)n(-c4ccc(Cl)c5c(NS(=O)(=O)C6CC6)nn(CC(F)F)c45)c([C@H](Cc4cc(F)cc(F)c4)NC(=O)Cn4nc(C(F)F)c5c4C(F)(F)C4CC54)nc3c2)cn1. The molecular weight excluding hydrogens is 940 g/mol. The van der Waals surface area contributed by atoms with E-state index in [-0.39, 0.29) is 50.1 Å². The minimum atomic E-state index is -4.09. The highest BCUT2D eigenvalue weighted by Crippen LogP contribution is 2.68. The van der Waals surface area contributed by atoms with Crippen LogP contribution in [0.2, 0.25) is 5.02 Å². The smallest absolute Gasteiger partial charge is 0.293 e. The second-order valence-corrected chi connectivity index (χ2v) is 19.1. The molecule has 2 fully saturated rings. The molecule has 0 aliphatic heterocycles. The van der Waals surface area contributed by atoms with Gasteiger partial charge in [-0.05, 0) is 79.6 Å². The van der Waals surface area contributed by atoms with Crippen LogP contribution in [0.1, 0.15) is 71.8 Å². The normalized spacial score (nSPS) is 17.9. The van der Waals surface area contributed by atoms with Gasteiger partial charge in [-0.25, -0.2) is 49.7 Å². The first-order chi connectivity index (χ1) is 31.8. The lowest BCUT2D eigenvalue weighted by atomic mass is 10.0. The lowest BCUT2D eigenvalue weighted by Gasteiger charge is -2.24.